The molecule has 19 heavy (non-hydrogen) atoms. The van der Waals surface area contributed by atoms with Crippen LogP contribution in [0.2, 0.25) is 0 Å². The second-order valence-corrected chi connectivity index (χ2v) is 5.46. The summed E-state index contributed by atoms with van der Waals surface area (Å²) in [5.74, 6) is 0.000881. The number of halogens is 1. The molecular formula is C15H16FNO2. The lowest BCUT2D eigenvalue weighted by molar-refractivity contribution is 0.0744. The minimum absolute atomic E-state index is 0.00342. The van der Waals surface area contributed by atoms with E-state index in [1.807, 2.05) is 6.92 Å². The zero-order valence-corrected chi connectivity index (χ0v) is 10.8. The Morgan fingerprint density at radius 3 is 3.00 bits per heavy atom. The van der Waals surface area contributed by atoms with E-state index in [9.17, 15) is 9.18 Å². The number of ketones is 1. The Hall–Kier alpha value is -1.68. The molecule has 100 valence electrons. The van der Waals surface area contributed by atoms with E-state index in [4.69, 9.17) is 4.42 Å². The fraction of sp³-hybridized carbons (Fsp3) is 0.400. The maximum Gasteiger partial charge on any atom is 0.205 e. The Labute approximate surface area is 110 Å². The summed E-state index contributed by atoms with van der Waals surface area (Å²) in [5.41, 5.74) is 0.127. The van der Waals surface area contributed by atoms with Gasteiger partial charge in [0.05, 0.1) is 0 Å². The first-order valence-electron chi connectivity index (χ1n) is 6.53. The smallest absolute Gasteiger partial charge is 0.205 e. The van der Waals surface area contributed by atoms with E-state index in [2.05, 4.69) is 5.32 Å². The van der Waals surface area contributed by atoms with Crippen molar-refractivity contribution in [3.8, 4) is 0 Å². The molecule has 1 aliphatic heterocycles. The Balaban J connectivity index is 1.97. The number of fused-ring (bicyclic) bond motifs is 1. The van der Waals surface area contributed by atoms with E-state index < -0.39 is 5.41 Å². The number of Topliss-reactive ketones (excluding diaryl/α,β-unsaturated/α-hetero) is 1. The van der Waals surface area contributed by atoms with Crippen molar-refractivity contribution in [2.45, 2.75) is 19.8 Å². The molecule has 1 unspecified atom stereocenters. The van der Waals surface area contributed by atoms with Gasteiger partial charge in [-0.2, -0.15) is 0 Å². The van der Waals surface area contributed by atoms with E-state index in [0.717, 1.165) is 19.4 Å². The van der Waals surface area contributed by atoms with E-state index >= 15 is 0 Å². The standard InChI is InChI=1S/C15H16FNO2/c1-15(5-2-6-17-9-15)14(18)13-8-10-7-11(16)3-4-12(10)19-13/h3-4,7-8,17H,2,5-6,9H2,1H3. The van der Waals surface area contributed by atoms with Crippen molar-refractivity contribution in [1.29, 1.82) is 0 Å². The lowest BCUT2D eigenvalue weighted by atomic mass is 9.78. The third-order valence-electron chi connectivity index (χ3n) is 3.85. The summed E-state index contributed by atoms with van der Waals surface area (Å²) >= 11 is 0. The van der Waals surface area contributed by atoms with Crippen LogP contribution in [0.5, 0.6) is 0 Å². The quantitative estimate of drug-likeness (QED) is 0.844. The number of rotatable bonds is 2. The molecule has 0 saturated carbocycles. The molecule has 4 heteroatoms. The van der Waals surface area contributed by atoms with E-state index in [1.165, 1.54) is 12.1 Å². The molecule has 1 N–H and O–H groups in total. The molecule has 1 atom stereocenters. The van der Waals surface area contributed by atoms with Crippen molar-refractivity contribution in [2.75, 3.05) is 13.1 Å². The number of carbonyl (C=O) groups is 1. The van der Waals surface area contributed by atoms with Crippen LogP contribution in [0, 0.1) is 11.2 Å². The minimum Gasteiger partial charge on any atom is -0.453 e. The maximum atomic E-state index is 13.1. The van der Waals surface area contributed by atoms with Crippen molar-refractivity contribution in [3.63, 3.8) is 0 Å². The van der Waals surface area contributed by atoms with Crippen LogP contribution in [-0.4, -0.2) is 18.9 Å². The molecule has 3 rings (SSSR count). The van der Waals surface area contributed by atoms with E-state index in [-0.39, 0.29) is 11.6 Å². The molecule has 0 radical (unpaired) electrons. The third-order valence-corrected chi connectivity index (χ3v) is 3.85. The molecule has 1 aliphatic rings. The highest BCUT2D eigenvalue weighted by Crippen LogP contribution is 2.32. The van der Waals surface area contributed by atoms with Crippen molar-refractivity contribution < 1.29 is 13.6 Å². The summed E-state index contributed by atoms with van der Waals surface area (Å²) in [6, 6.07) is 5.92. The molecular weight excluding hydrogens is 245 g/mol. The van der Waals surface area contributed by atoms with Gasteiger partial charge in [0, 0.05) is 17.3 Å². The number of nitrogens with one attached hydrogen (secondary N) is 1. The molecule has 2 aromatic rings. The number of furan rings is 1. The topological polar surface area (TPSA) is 42.2 Å². The van der Waals surface area contributed by atoms with Crippen molar-refractivity contribution >= 4 is 16.8 Å². The van der Waals surface area contributed by atoms with E-state index in [0.29, 0.717) is 23.3 Å². The molecule has 1 aromatic carbocycles. The molecule has 3 nitrogen and oxygen atoms in total. The highest BCUT2D eigenvalue weighted by Gasteiger charge is 2.37. The van der Waals surface area contributed by atoms with Gasteiger partial charge in [0.25, 0.3) is 0 Å². The first-order valence-corrected chi connectivity index (χ1v) is 6.53. The van der Waals surface area contributed by atoms with Gasteiger partial charge in [-0.25, -0.2) is 4.39 Å². The molecule has 0 spiro atoms. The molecule has 0 aliphatic carbocycles. The lowest BCUT2D eigenvalue weighted by Crippen LogP contribution is -2.43. The predicted molar refractivity (Wildman–Crippen MR) is 70.7 cm³/mol. The minimum atomic E-state index is -0.426. The highest BCUT2D eigenvalue weighted by molar-refractivity contribution is 6.01. The summed E-state index contributed by atoms with van der Waals surface area (Å²) < 4.78 is 18.7. The average molecular weight is 261 g/mol. The zero-order valence-electron chi connectivity index (χ0n) is 10.8. The number of hydrogen-bond acceptors (Lipinski definition) is 3. The molecule has 1 saturated heterocycles. The number of hydrogen-bond donors (Lipinski definition) is 1. The van der Waals surface area contributed by atoms with Gasteiger partial charge >= 0.3 is 0 Å². The first-order chi connectivity index (χ1) is 9.08. The zero-order chi connectivity index (χ0) is 13.5. The molecule has 0 amide bonds. The van der Waals surface area contributed by atoms with Crippen LogP contribution < -0.4 is 5.32 Å². The fourth-order valence-corrected chi connectivity index (χ4v) is 2.67. The second-order valence-electron chi connectivity index (χ2n) is 5.46. The van der Waals surface area contributed by atoms with Gasteiger partial charge in [0.1, 0.15) is 11.4 Å². The normalized spacial score (nSPS) is 23.7. The second kappa shape index (κ2) is 4.46. The summed E-state index contributed by atoms with van der Waals surface area (Å²) in [5, 5.41) is 3.88. The Kier molecular flexibility index (Phi) is 2.90. The number of carbonyl (C=O) groups excluding carboxylic acids is 1. The SMILES string of the molecule is CC1(C(=O)c2cc3cc(F)ccc3o2)CCCNC1. The Bertz CT molecular complexity index is 626. The first kappa shape index (κ1) is 12.4. The van der Waals surface area contributed by atoms with Gasteiger partial charge in [-0.15, -0.1) is 0 Å². The van der Waals surface area contributed by atoms with Gasteiger partial charge < -0.3 is 9.73 Å². The third kappa shape index (κ3) is 2.16. The van der Waals surface area contributed by atoms with Gasteiger partial charge in [-0.3, -0.25) is 4.79 Å². The number of benzene rings is 1. The monoisotopic (exact) mass is 261 g/mol. The van der Waals surface area contributed by atoms with E-state index in [1.54, 1.807) is 12.1 Å². The summed E-state index contributed by atoms with van der Waals surface area (Å²) in [6.45, 7) is 3.57. The molecule has 1 aromatic heterocycles. The van der Waals surface area contributed by atoms with Gasteiger partial charge in [0.15, 0.2) is 5.76 Å². The molecule has 1 fully saturated rings. The Morgan fingerprint density at radius 2 is 2.26 bits per heavy atom. The summed E-state index contributed by atoms with van der Waals surface area (Å²) in [6.07, 6.45) is 1.83. The van der Waals surface area contributed by atoms with Crippen molar-refractivity contribution in [1.82, 2.24) is 5.32 Å². The fourth-order valence-electron chi connectivity index (χ4n) is 2.67. The van der Waals surface area contributed by atoms with Crippen molar-refractivity contribution in [3.05, 3.63) is 35.8 Å². The Morgan fingerprint density at radius 1 is 1.42 bits per heavy atom. The maximum absolute atomic E-state index is 13.1. The van der Waals surface area contributed by atoms with Crippen LogP contribution in [0.25, 0.3) is 11.0 Å². The lowest BCUT2D eigenvalue weighted by Gasteiger charge is -2.31. The van der Waals surface area contributed by atoms with Crippen LogP contribution in [0.15, 0.2) is 28.7 Å². The van der Waals surface area contributed by atoms with Crippen LogP contribution >= 0.6 is 0 Å². The van der Waals surface area contributed by atoms with Crippen LogP contribution in [-0.2, 0) is 0 Å². The van der Waals surface area contributed by atoms with Gasteiger partial charge in [-0.05, 0) is 43.7 Å². The van der Waals surface area contributed by atoms with Gasteiger partial charge in [0.2, 0.25) is 5.78 Å². The summed E-state index contributed by atoms with van der Waals surface area (Å²) in [4.78, 5) is 12.5. The molecule has 0 bridgehead atoms. The molecule has 2 heterocycles. The van der Waals surface area contributed by atoms with Crippen molar-refractivity contribution in [2.24, 2.45) is 5.41 Å². The highest BCUT2D eigenvalue weighted by atomic mass is 19.1. The predicted octanol–water partition coefficient (Wildman–Crippen LogP) is 3.14. The van der Waals surface area contributed by atoms with Crippen LogP contribution in [0.3, 0.4) is 0 Å². The summed E-state index contributed by atoms with van der Waals surface area (Å²) in [7, 11) is 0. The largest absolute Gasteiger partial charge is 0.453 e. The van der Waals surface area contributed by atoms with Crippen LogP contribution in [0.4, 0.5) is 4.39 Å². The van der Waals surface area contributed by atoms with Crippen LogP contribution in [0.1, 0.15) is 30.3 Å². The average Bonchev–Trinajstić information content (AvgIpc) is 2.81. The van der Waals surface area contributed by atoms with Gasteiger partial charge in [-0.1, -0.05) is 6.92 Å². The number of piperidine rings is 1.